The number of nitrogens with one attached hydrogen (secondary N) is 1. The second kappa shape index (κ2) is 6.29. The monoisotopic (exact) mass is 276 g/mol. The van der Waals surface area contributed by atoms with E-state index < -0.39 is 0 Å². The molecule has 0 aliphatic heterocycles. The Balaban J connectivity index is 2.13. The third kappa shape index (κ3) is 3.03. The van der Waals surface area contributed by atoms with Gasteiger partial charge in [0.1, 0.15) is 18.0 Å². The lowest BCUT2D eigenvalue weighted by atomic mass is 10.1. The van der Waals surface area contributed by atoms with E-state index in [1.807, 2.05) is 13.0 Å². The van der Waals surface area contributed by atoms with Gasteiger partial charge < -0.3 is 15.8 Å². The third-order valence-corrected chi connectivity index (χ3v) is 3.03. The summed E-state index contributed by atoms with van der Waals surface area (Å²) in [6, 6.07) is 4.98. The molecule has 0 amide bonds. The number of hydrogen-bond donors (Lipinski definition) is 2. The van der Waals surface area contributed by atoms with Crippen LogP contribution in [0.4, 0.5) is 10.2 Å². The zero-order valence-corrected chi connectivity index (χ0v) is 11.5. The van der Waals surface area contributed by atoms with Gasteiger partial charge in [-0.15, -0.1) is 0 Å². The average molecular weight is 276 g/mol. The number of rotatable bonds is 5. The fourth-order valence-corrected chi connectivity index (χ4v) is 1.86. The first-order valence-corrected chi connectivity index (χ1v) is 6.22. The van der Waals surface area contributed by atoms with Gasteiger partial charge in [-0.2, -0.15) is 0 Å². The number of methoxy groups -OCH3 is 1. The summed E-state index contributed by atoms with van der Waals surface area (Å²) in [5.74, 6) is 0.847. The van der Waals surface area contributed by atoms with Crippen LogP contribution in [0, 0.1) is 12.7 Å². The van der Waals surface area contributed by atoms with Gasteiger partial charge in [-0.3, -0.25) is 0 Å². The number of benzene rings is 1. The van der Waals surface area contributed by atoms with Crippen molar-refractivity contribution in [3.8, 4) is 5.88 Å². The van der Waals surface area contributed by atoms with Gasteiger partial charge in [0.05, 0.1) is 12.7 Å². The smallest absolute Gasteiger partial charge is 0.221 e. The molecule has 1 heterocycles. The molecule has 106 valence electrons. The van der Waals surface area contributed by atoms with Gasteiger partial charge in [-0.05, 0) is 18.6 Å². The topological polar surface area (TPSA) is 73.1 Å². The van der Waals surface area contributed by atoms with E-state index >= 15 is 0 Å². The molecule has 0 aliphatic carbocycles. The van der Waals surface area contributed by atoms with Crippen molar-refractivity contribution in [2.75, 3.05) is 12.4 Å². The Morgan fingerprint density at radius 3 is 2.80 bits per heavy atom. The van der Waals surface area contributed by atoms with Crippen LogP contribution in [-0.4, -0.2) is 17.1 Å². The molecule has 20 heavy (non-hydrogen) atoms. The molecule has 0 atom stereocenters. The van der Waals surface area contributed by atoms with Crippen LogP contribution in [0.15, 0.2) is 24.5 Å². The van der Waals surface area contributed by atoms with Gasteiger partial charge in [0.25, 0.3) is 0 Å². The molecule has 6 heteroatoms. The highest BCUT2D eigenvalue weighted by molar-refractivity contribution is 5.48. The predicted molar refractivity (Wildman–Crippen MR) is 74.9 cm³/mol. The van der Waals surface area contributed by atoms with Crippen molar-refractivity contribution in [3.63, 3.8) is 0 Å². The van der Waals surface area contributed by atoms with Crippen molar-refractivity contribution >= 4 is 5.82 Å². The van der Waals surface area contributed by atoms with Crippen LogP contribution < -0.4 is 15.8 Å². The Morgan fingerprint density at radius 1 is 1.35 bits per heavy atom. The first-order chi connectivity index (χ1) is 9.65. The van der Waals surface area contributed by atoms with E-state index in [9.17, 15) is 4.39 Å². The molecule has 0 saturated heterocycles. The number of nitrogens with two attached hydrogens (primary N) is 1. The molecule has 1 aromatic heterocycles. The first-order valence-electron chi connectivity index (χ1n) is 6.22. The van der Waals surface area contributed by atoms with Crippen molar-refractivity contribution in [1.29, 1.82) is 0 Å². The summed E-state index contributed by atoms with van der Waals surface area (Å²) >= 11 is 0. The molecular formula is C14H17FN4O. The van der Waals surface area contributed by atoms with E-state index in [4.69, 9.17) is 10.5 Å². The normalized spacial score (nSPS) is 10.4. The second-order valence-electron chi connectivity index (χ2n) is 4.34. The summed E-state index contributed by atoms with van der Waals surface area (Å²) in [6.07, 6.45) is 1.40. The molecule has 2 aromatic rings. The van der Waals surface area contributed by atoms with Crippen LogP contribution >= 0.6 is 0 Å². The molecule has 0 unspecified atom stereocenters. The maximum atomic E-state index is 13.8. The molecule has 0 saturated carbocycles. The number of halogens is 1. The van der Waals surface area contributed by atoms with Gasteiger partial charge in [0.15, 0.2) is 0 Å². The zero-order chi connectivity index (χ0) is 14.5. The summed E-state index contributed by atoms with van der Waals surface area (Å²) < 4.78 is 18.9. The second-order valence-corrected chi connectivity index (χ2v) is 4.34. The minimum Gasteiger partial charge on any atom is -0.481 e. The quantitative estimate of drug-likeness (QED) is 0.874. The molecule has 0 fully saturated rings. The van der Waals surface area contributed by atoms with Crippen molar-refractivity contribution in [3.05, 3.63) is 47.0 Å². The van der Waals surface area contributed by atoms with E-state index in [1.54, 1.807) is 13.2 Å². The van der Waals surface area contributed by atoms with E-state index in [2.05, 4.69) is 15.3 Å². The number of hydrogen-bond acceptors (Lipinski definition) is 5. The van der Waals surface area contributed by atoms with Gasteiger partial charge >= 0.3 is 0 Å². The number of anilines is 1. The summed E-state index contributed by atoms with van der Waals surface area (Å²) in [5.41, 5.74) is 7.58. The molecule has 5 nitrogen and oxygen atoms in total. The van der Waals surface area contributed by atoms with Crippen molar-refractivity contribution < 1.29 is 9.13 Å². The average Bonchev–Trinajstić information content (AvgIpc) is 2.47. The van der Waals surface area contributed by atoms with Crippen molar-refractivity contribution in [2.45, 2.75) is 20.0 Å². The van der Waals surface area contributed by atoms with E-state index in [0.29, 0.717) is 30.4 Å². The van der Waals surface area contributed by atoms with Crippen LogP contribution in [0.2, 0.25) is 0 Å². The standard InChI is InChI=1S/C14H17FN4O/c1-9-13(18-8-19-14(9)20-2)17-7-11-4-3-10(6-16)5-12(11)15/h3-5,8H,6-7,16H2,1-2H3,(H,17,18,19). The fourth-order valence-electron chi connectivity index (χ4n) is 1.86. The molecule has 0 bridgehead atoms. The summed E-state index contributed by atoms with van der Waals surface area (Å²) in [7, 11) is 1.55. The lowest BCUT2D eigenvalue weighted by molar-refractivity contribution is 0.393. The van der Waals surface area contributed by atoms with Crippen LogP contribution in [-0.2, 0) is 13.1 Å². The third-order valence-electron chi connectivity index (χ3n) is 3.03. The summed E-state index contributed by atoms with van der Waals surface area (Å²) in [5, 5.41) is 3.08. The van der Waals surface area contributed by atoms with Crippen molar-refractivity contribution in [2.24, 2.45) is 5.73 Å². The van der Waals surface area contributed by atoms with Crippen LogP contribution in [0.3, 0.4) is 0 Å². The molecule has 0 radical (unpaired) electrons. The first kappa shape index (κ1) is 14.2. The van der Waals surface area contributed by atoms with Crippen LogP contribution in [0.25, 0.3) is 0 Å². The van der Waals surface area contributed by atoms with Gasteiger partial charge in [0.2, 0.25) is 5.88 Å². The number of ether oxygens (including phenoxy) is 1. The highest BCUT2D eigenvalue weighted by atomic mass is 19.1. The predicted octanol–water partition coefficient (Wildman–Crippen LogP) is 2.00. The fraction of sp³-hybridized carbons (Fsp3) is 0.286. The Morgan fingerprint density at radius 2 is 2.15 bits per heavy atom. The maximum Gasteiger partial charge on any atom is 0.221 e. The minimum atomic E-state index is -0.279. The summed E-state index contributed by atoms with van der Waals surface area (Å²) in [6.45, 7) is 2.50. The molecule has 0 spiro atoms. The Kier molecular flexibility index (Phi) is 4.47. The van der Waals surface area contributed by atoms with Crippen LogP contribution in [0.5, 0.6) is 5.88 Å². The van der Waals surface area contributed by atoms with Gasteiger partial charge in [-0.1, -0.05) is 12.1 Å². The lowest BCUT2D eigenvalue weighted by Gasteiger charge is -2.11. The Labute approximate surface area is 117 Å². The van der Waals surface area contributed by atoms with Gasteiger partial charge in [-0.25, -0.2) is 14.4 Å². The lowest BCUT2D eigenvalue weighted by Crippen LogP contribution is -2.07. The highest BCUT2D eigenvalue weighted by Gasteiger charge is 2.08. The molecule has 1 aromatic carbocycles. The van der Waals surface area contributed by atoms with E-state index in [-0.39, 0.29) is 5.82 Å². The number of aromatic nitrogens is 2. The van der Waals surface area contributed by atoms with Gasteiger partial charge in [0, 0.05) is 18.7 Å². The SMILES string of the molecule is COc1ncnc(NCc2ccc(CN)cc2F)c1C. The number of nitrogens with zero attached hydrogens (tertiary/aromatic N) is 2. The van der Waals surface area contributed by atoms with Crippen molar-refractivity contribution in [1.82, 2.24) is 9.97 Å². The van der Waals surface area contributed by atoms with Crippen LogP contribution in [0.1, 0.15) is 16.7 Å². The van der Waals surface area contributed by atoms with E-state index in [1.165, 1.54) is 12.4 Å². The molecule has 2 rings (SSSR count). The molecular weight excluding hydrogens is 259 g/mol. The zero-order valence-electron chi connectivity index (χ0n) is 11.5. The summed E-state index contributed by atoms with van der Waals surface area (Å²) in [4.78, 5) is 8.11. The minimum absolute atomic E-state index is 0.279. The Bertz CT molecular complexity index is 604. The maximum absolute atomic E-state index is 13.8. The Hall–Kier alpha value is -2.21. The largest absolute Gasteiger partial charge is 0.481 e. The molecule has 3 N–H and O–H groups in total. The molecule has 0 aliphatic rings. The highest BCUT2D eigenvalue weighted by Crippen LogP contribution is 2.20. The van der Waals surface area contributed by atoms with E-state index in [0.717, 1.165) is 11.1 Å².